The number of hydrogen-bond acceptors (Lipinski definition) is 3. The highest BCUT2D eigenvalue weighted by molar-refractivity contribution is 6.33. The molecule has 1 N–H and O–H groups in total. The number of phenols is 1. The van der Waals surface area contributed by atoms with Crippen molar-refractivity contribution in [1.82, 2.24) is 9.97 Å². The molecule has 0 aliphatic rings. The van der Waals surface area contributed by atoms with Crippen molar-refractivity contribution in [3.8, 4) is 39.4 Å². The van der Waals surface area contributed by atoms with E-state index in [0.29, 0.717) is 5.02 Å². The van der Waals surface area contributed by atoms with Crippen LogP contribution in [0.4, 0.5) is 0 Å². The SMILES string of the molecule is Oc1cccc(-c2cc(-c3ccncc3)nc(-c3ccccc3Cl)c2)c1. The van der Waals surface area contributed by atoms with Gasteiger partial charge in [-0.1, -0.05) is 41.9 Å². The van der Waals surface area contributed by atoms with Crippen LogP contribution in [0.25, 0.3) is 33.6 Å². The highest BCUT2D eigenvalue weighted by atomic mass is 35.5. The zero-order chi connectivity index (χ0) is 17.9. The van der Waals surface area contributed by atoms with Crippen molar-refractivity contribution in [3.63, 3.8) is 0 Å². The number of nitrogens with zero attached hydrogens (tertiary/aromatic N) is 2. The van der Waals surface area contributed by atoms with E-state index < -0.39 is 0 Å². The molecule has 0 spiro atoms. The Morgan fingerprint density at radius 3 is 2.23 bits per heavy atom. The summed E-state index contributed by atoms with van der Waals surface area (Å²) in [5.74, 6) is 0.226. The standard InChI is InChI=1S/C22H15ClN2O/c23-20-7-2-1-6-19(20)22-14-17(16-4-3-5-18(26)12-16)13-21(25-22)15-8-10-24-11-9-15/h1-14,26H. The van der Waals surface area contributed by atoms with Gasteiger partial charge in [-0.15, -0.1) is 0 Å². The molecule has 4 heteroatoms. The van der Waals surface area contributed by atoms with Gasteiger partial charge in [0.1, 0.15) is 5.75 Å². The number of benzene rings is 2. The summed E-state index contributed by atoms with van der Waals surface area (Å²) in [5.41, 5.74) is 5.31. The third-order valence-electron chi connectivity index (χ3n) is 4.13. The van der Waals surface area contributed by atoms with E-state index in [4.69, 9.17) is 16.6 Å². The van der Waals surface area contributed by atoms with E-state index in [1.165, 1.54) is 0 Å². The average Bonchev–Trinajstić information content (AvgIpc) is 2.69. The maximum atomic E-state index is 9.85. The monoisotopic (exact) mass is 358 g/mol. The van der Waals surface area contributed by atoms with Gasteiger partial charge in [-0.05, 0) is 53.6 Å². The third kappa shape index (κ3) is 3.30. The second-order valence-electron chi connectivity index (χ2n) is 5.89. The van der Waals surface area contributed by atoms with Gasteiger partial charge in [0.15, 0.2) is 0 Å². The highest BCUT2D eigenvalue weighted by Gasteiger charge is 2.11. The second-order valence-corrected chi connectivity index (χ2v) is 6.30. The fraction of sp³-hybridized carbons (Fsp3) is 0. The highest BCUT2D eigenvalue weighted by Crippen LogP contribution is 2.33. The minimum Gasteiger partial charge on any atom is -0.508 e. The summed E-state index contributed by atoms with van der Waals surface area (Å²) in [7, 11) is 0. The molecule has 0 saturated carbocycles. The number of pyridine rings is 2. The van der Waals surface area contributed by atoms with Crippen LogP contribution in [0.1, 0.15) is 0 Å². The van der Waals surface area contributed by atoms with E-state index in [1.54, 1.807) is 24.5 Å². The average molecular weight is 359 g/mol. The molecule has 26 heavy (non-hydrogen) atoms. The van der Waals surface area contributed by atoms with Gasteiger partial charge in [-0.2, -0.15) is 0 Å². The van der Waals surface area contributed by atoms with Crippen molar-refractivity contribution < 1.29 is 5.11 Å². The Kier molecular flexibility index (Phi) is 4.38. The summed E-state index contributed by atoms with van der Waals surface area (Å²) in [5, 5.41) is 10.5. The lowest BCUT2D eigenvalue weighted by Gasteiger charge is -2.11. The molecule has 126 valence electrons. The van der Waals surface area contributed by atoms with Gasteiger partial charge in [0.25, 0.3) is 0 Å². The van der Waals surface area contributed by atoms with Crippen LogP contribution in [-0.4, -0.2) is 15.1 Å². The largest absolute Gasteiger partial charge is 0.508 e. The van der Waals surface area contributed by atoms with Crippen LogP contribution >= 0.6 is 11.6 Å². The minimum absolute atomic E-state index is 0.226. The van der Waals surface area contributed by atoms with Crippen molar-refractivity contribution in [2.75, 3.05) is 0 Å². The van der Waals surface area contributed by atoms with Crippen molar-refractivity contribution in [2.45, 2.75) is 0 Å². The second kappa shape index (κ2) is 6.98. The van der Waals surface area contributed by atoms with Gasteiger partial charge in [-0.25, -0.2) is 4.98 Å². The molecule has 2 heterocycles. The van der Waals surface area contributed by atoms with Crippen LogP contribution in [0, 0.1) is 0 Å². The van der Waals surface area contributed by atoms with E-state index in [9.17, 15) is 5.11 Å². The molecule has 0 aliphatic carbocycles. The molecule has 3 nitrogen and oxygen atoms in total. The molecule has 0 fully saturated rings. The molecule has 0 unspecified atom stereocenters. The molecule has 0 radical (unpaired) electrons. The van der Waals surface area contributed by atoms with Gasteiger partial charge in [-0.3, -0.25) is 4.98 Å². The van der Waals surface area contributed by atoms with Gasteiger partial charge in [0.2, 0.25) is 0 Å². The predicted octanol–water partition coefficient (Wildman–Crippen LogP) is 5.84. The lowest BCUT2D eigenvalue weighted by atomic mass is 10.00. The first-order chi connectivity index (χ1) is 12.7. The van der Waals surface area contributed by atoms with Gasteiger partial charge < -0.3 is 5.11 Å². The lowest BCUT2D eigenvalue weighted by Crippen LogP contribution is -1.92. The minimum atomic E-state index is 0.226. The predicted molar refractivity (Wildman–Crippen MR) is 105 cm³/mol. The van der Waals surface area contributed by atoms with Gasteiger partial charge >= 0.3 is 0 Å². The Bertz CT molecular complexity index is 1060. The Morgan fingerprint density at radius 1 is 0.692 bits per heavy atom. The summed E-state index contributed by atoms with van der Waals surface area (Å²) in [6, 6.07) is 22.7. The molecule has 4 aromatic rings. The Morgan fingerprint density at radius 2 is 1.46 bits per heavy atom. The number of aromatic hydroxyl groups is 1. The van der Waals surface area contributed by atoms with E-state index >= 15 is 0 Å². The molecule has 2 aromatic heterocycles. The molecule has 0 saturated heterocycles. The first kappa shape index (κ1) is 16.3. The zero-order valence-corrected chi connectivity index (χ0v) is 14.6. The quantitative estimate of drug-likeness (QED) is 0.500. The van der Waals surface area contributed by atoms with E-state index in [1.807, 2.05) is 60.7 Å². The summed E-state index contributed by atoms with van der Waals surface area (Å²) in [6.45, 7) is 0. The molecule has 0 aliphatic heterocycles. The van der Waals surface area contributed by atoms with Gasteiger partial charge in [0.05, 0.1) is 11.4 Å². The zero-order valence-electron chi connectivity index (χ0n) is 13.8. The molecule has 2 aromatic carbocycles. The molecule has 4 rings (SSSR count). The molecular weight excluding hydrogens is 344 g/mol. The number of phenolic OH excluding ortho intramolecular Hbond substituents is 1. The number of halogens is 1. The summed E-state index contributed by atoms with van der Waals surface area (Å²) < 4.78 is 0. The third-order valence-corrected chi connectivity index (χ3v) is 4.46. The fourth-order valence-electron chi connectivity index (χ4n) is 2.86. The van der Waals surface area contributed by atoms with E-state index in [2.05, 4.69) is 4.98 Å². The summed E-state index contributed by atoms with van der Waals surface area (Å²) >= 11 is 6.39. The van der Waals surface area contributed by atoms with Crippen LogP contribution in [-0.2, 0) is 0 Å². The molecule has 0 amide bonds. The lowest BCUT2D eigenvalue weighted by molar-refractivity contribution is 0.475. The topological polar surface area (TPSA) is 46.0 Å². The van der Waals surface area contributed by atoms with Crippen molar-refractivity contribution in [1.29, 1.82) is 0 Å². The summed E-state index contributed by atoms with van der Waals surface area (Å²) in [6.07, 6.45) is 3.49. The first-order valence-electron chi connectivity index (χ1n) is 8.17. The van der Waals surface area contributed by atoms with Crippen LogP contribution in [0.3, 0.4) is 0 Å². The Labute approximate surface area is 156 Å². The number of aromatic nitrogens is 2. The summed E-state index contributed by atoms with van der Waals surface area (Å²) in [4.78, 5) is 8.88. The van der Waals surface area contributed by atoms with Crippen LogP contribution in [0.5, 0.6) is 5.75 Å². The van der Waals surface area contributed by atoms with E-state index in [0.717, 1.165) is 33.6 Å². The Balaban J connectivity index is 1.95. The Hall–Kier alpha value is -3.17. The van der Waals surface area contributed by atoms with Crippen molar-refractivity contribution in [2.24, 2.45) is 0 Å². The van der Waals surface area contributed by atoms with Crippen LogP contribution in [0.15, 0.2) is 85.2 Å². The maximum absolute atomic E-state index is 9.85. The molecule has 0 atom stereocenters. The maximum Gasteiger partial charge on any atom is 0.116 e. The van der Waals surface area contributed by atoms with Gasteiger partial charge in [0, 0.05) is 28.5 Å². The normalized spacial score (nSPS) is 10.7. The first-order valence-corrected chi connectivity index (χ1v) is 8.55. The number of rotatable bonds is 3. The smallest absolute Gasteiger partial charge is 0.116 e. The molecular formula is C22H15ClN2O. The van der Waals surface area contributed by atoms with Crippen molar-refractivity contribution >= 4 is 11.6 Å². The fourth-order valence-corrected chi connectivity index (χ4v) is 3.09. The van der Waals surface area contributed by atoms with Crippen molar-refractivity contribution in [3.05, 3.63) is 90.2 Å². The van der Waals surface area contributed by atoms with Crippen LogP contribution in [0.2, 0.25) is 5.02 Å². The van der Waals surface area contributed by atoms with Crippen LogP contribution < -0.4 is 0 Å². The number of hydrogen-bond donors (Lipinski definition) is 1. The van der Waals surface area contributed by atoms with E-state index in [-0.39, 0.29) is 5.75 Å². The molecule has 0 bridgehead atoms.